The first kappa shape index (κ1) is 15.8. The summed E-state index contributed by atoms with van der Waals surface area (Å²) in [6, 6.07) is 14.1. The second-order valence-corrected chi connectivity index (χ2v) is 5.41. The van der Waals surface area contributed by atoms with E-state index in [1.54, 1.807) is 0 Å². The topological polar surface area (TPSA) is 69.4 Å². The second kappa shape index (κ2) is 6.89. The molecule has 0 radical (unpaired) electrons. The molecule has 0 aliphatic heterocycles. The van der Waals surface area contributed by atoms with E-state index in [9.17, 15) is 9.59 Å². The molecule has 0 saturated carbocycles. The second-order valence-electron chi connectivity index (χ2n) is 5.41. The van der Waals surface area contributed by atoms with Crippen molar-refractivity contribution in [2.24, 2.45) is 5.73 Å². The first-order valence-electron chi connectivity index (χ1n) is 7.13. The largest absolute Gasteiger partial charge is 0.457 e. The van der Waals surface area contributed by atoms with Crippen LogP contribution in [0.25, 0.3) is 0 Å². The van der Waals surface area contributed by atoms with Gasteiger partial charge in [-0.25, -0.2) is 4.79 Å². The predicted octanol–water partition coefficient (Wildman–Crippen LogP) is 3.27. The number of ether oxygens (including phenoxy) is 1. The molecule has 1 amide bonds. The van der Waals surface area contributed by atoms with Crippen LogP contribution >= 0.6 is 0 Å². The third kappa shape index (κ3) is 3.95. The molecule has 0 saturated heterocycles. The van der Waals surface area contributed by atoms with Gasteiger partial charge in [-0.2, -0.15) is 0 Å². The van der Waals surface area contributed by atoms with Gasteiger partial charge in [-0.1, -0.05) is 38.1 Å². The average molecular weight is 297 g/mol. The molecule has 2 rings (SSSR count). The molecular weight excluding hydrogens is 278 g/mol. The Morgan fingerprint density at radius 1 is 0.955 bits per heavy atom. The number of rotatable bonds is 5. The molecule has 2 aromatic rings. The predicted molar refractivity (Wildman–Crippen MR) is 84.6 cm³/mol. The zero-order valence-electron chi connectivity index (χ0n) is 12.7. The maximum Gasteiger partial charge on any atom is 0.338 e. The molecule has 0 heterocycles. The van der Waals surface area contributed by atoms with Crippen molar-refractivity contribution >= 4 is 11.9 Å². The highest BCUT2D eigenvalue weighted by atomic mass is 16.5. The standard InChI is InChI=1S/C18H19NO3/c1-12(2)14-5-3-13(4-6-14)11-22-18(21)16-9-7-15(8-10-16)17(19)20/h3-10,12H,11H2,1-2H3,(H2,19,20). The summed E-state index contributed by atoms with van der Waals surface area (Å²) in [7, 11) is 0. The van der Waals surface area contributed by atoms with Gasteiger partial charge in [-0.3, -0.25) is 4.79 Å². The molecule has 0 aliphatic carbocycles. The van der Waals surface area contributed by atoms with Crippen LogP contribution in [-0.2, 0) is 11.3 Å². The van der Waals surface area contributed by atoms with Crippen LogP contribution in [0.5, 0.6) is 0 Å². The molecule has 0 aliphatic rings. The van der Waals surface area contributed by atoms with Crippen molar-refractivity contribution in [1.29, 1.82) is 0 Å². The van der Waals surface area contributed by atoms with E-state index >= 15 is 0 Å². The molecule has 114 valence electrons. The van der Waals surface area contributed by atoms with Crippen LogP contribution in [0.3, 0.4) is 0 Å². The van der Waals surface area contributed by atoms with Crippen LogP contribution in [0.15, 0.2) is 48.5 Å². The molecule has 2 aromatic carbocycles. The van der Waals surface area contributed by atoms with E-state index in [4.69, 9.17) is 10.5 Å². The molecule has 0 atom stereocenters. The van der Waals surface area contributed by atoms with Crippen LogP contribution in [0.2, 0.25) is 0 Å². The number of carbonyl (C=O) groups excluding carboxylic acids is 2. The summed E-state index contributed by atoms with van der Waals surface area (Å²) < 4.78 is 5.26. The van der Waals surface area contributed by atoms with Crippen LogP contribution in [-0.4, -0.2) is 11.9 Å². The lowest BCUT2D eigenvalue weighted by Crippen LogP contribution is -2.11. The quantitative estimate of drug-likeness (QED) is 0.861. The number of primary amides is 1. The maximum atomic E-state index is 11.9. The summed E-state index contributed by atoms with van der Waals surface area (Å²) >= 11 is 0. The third-order valence-electron chi connectivity index (χ3n) is 3.42. The summed E-state index contributed by atoms with van der Waals surface area (Å²) in [5.74, 6) is -0.477. The highest BCUT2D eigenvalue weighted by molar-refractivity contribution is 5.95. The van der Waals surface area contributed by atoms with Crippen LogP contribution in [0.1, 0.15) is 51.6 Å². The van der Waals surface area contributed by atoms with Gasteiger partial charge in [0.25, 0.3) is 0 Å². The molecule has 22 heavy (non-hydrogen) atoms. The number of carbonyl (C=O) groups is 2. The van der Waals surface area contributed by atoms with Crippen molar-refractivity contribution < 1.29 is 14.3 Å². The summed E-state index contributed by atoms with van der Waals surface area (Å²) in [5, 5.41) is 0. The summed E-state index contributed by atoms with van der Waals surface area (Å²) in [5.41, 5.74) is 8.09. The normalized spacial score (nSPS) is 10.5. The van der Waals surface area contributed by atoms with Gasteiger partial charge in [-0.05, 0) is 41.3 Å². The first-order chi connectivity index (χ1) is 10.5. The maximum absolute atomic E-state index is 11.9. The fraction of sp³-hybridized carbons (Fsp3) is 0.222. The minimum absolute atomic E-state index is 0.217. The van der Waals surface area contributed by atoms with Crippen molar-refractivity contribution in [3.8, 4) is 0 Å². The Labute approximate surface area is 129 Å². The SMILES string of the molecule is CC(C)c1ccc(COC(=O)c2ccc(C(N)=O)cc2)cc1. The van der Waals surface area contributed by atoms with Crippen molar-refractivity contribution in [2.75, 3.05) is 0 Å². The number of nitrogens with two attached hydrogens (primary N) is 1. The average Bonchev–Trinajstić information content (AvgIpc) is 2.53. The lowest BCUT2D eigenvalue weighted by Gasteiger charge is -2.08. The lowest BCUT2D eigenvalue weighted by atomic mass is 10.0. The van der Waals surface area contributed by atoms with E-state index in [1.165, 1.54) is 29.8 Å². The number of amides is 1. The van der Waals surface area contributed by atoms with E-state index < -0.39 is 11.9 Å². The van der Waals surface area contributed by atoms with E-state index in [-0.39, 0.29) is 6.61 Å². The smallest absolute Gasteiger partial charge is 0.338 e. The van der Waals surface area contributed by atoms with Gasteiger partial charge in [0.15, 0.2) is 0 Å². The molecule has 4 heteroatoms. The molecule has 0 bridgehead atoms. The Balaban J connectivity index is 1.96. The first-order valence-corrected chi connectivity index (χ1v) is 7.13. The molecular formula is C18H19NO3. The summed E-state index contributed by atoms with van der Waals surface area (Å²) in [6.07, 6.45) is 0. The zero-order chi connectivity index (χ0) is 16.1. The van der Waals surface area contributed by atoms with Gasteiger partial charge in [0.2, 0.25) is 5.91 Å². The van der Waals surface area contributed by atoms with Gasteiger partial charge >= 0.3 is 5.97 Å². The van der Waals surface area contributed by atoms with Crippen molar-refractivity contribution in [3.63, 3.8) is 0 Å². The number of hydrogen-bond donors (Lipinski definition) is 1. The molecule has 0 fully saturated rings. The van der Waals surface area contributed by atoms with Gasteiger partial charge in [-0.15, -0.1) is 0 Å². The Hall–Kier alpha value is -2.62. The minimum Gasteiger partial charge on any atom is -0.457 e. The fourth-order valence-electron chi connectivity index (χ4n) is 2.00. The molecule has 0 aromatic heterocycles. The third-order valence-corrected chi connectivity index (χ3v) is 3.42. The van der Waals surface area contributed by atoms with Gasteiger partial charge < -0.3 is 10.5 Å². The van der Waals surface area contributed by atoms with Crippen molar-refractivity contribution in [3.05, 3.63) is 70.8 Å². The van der Waals surface area contributed by atoms with E-state index in [0.29, 0.717) is 17.0 Å². The van der Waals surface area contributed by atoms with Crippen LogP contribution in [0, 0.1) is 0 Å². The van der Waals surface area contributed by atoms with Gasteiger partial charge in [0, 0.05) is 5.56 Å². The molecule has 2 N–H and O–H groups in total. The lowest BCUT2D eigenvalue weighted by molar-refractivity contribution is 0.0472. The monoisotopic (exact) mass is 297 g/mol. The van der Waals surface area contributed by atoms with E-state index in [2.05, 4.69) is 13.8 Å². The van der Waals surface area contributed by atoms with Gasteiger partial charge in [0.05, 0.1) is 5.56 Å². The van der Waals surface area contributed by atoms with Crippen LogP contribution in [0.4, 0.5) is 0 Å². The summed E-state index contributed by atoms with van der Waals surface area (Å²) in [4.78, 5) is 22.9. The summed E-state index contributed by atoms with van der Waals surface area (Å²) in [6.45, 7) is 4.48. The van der Waals surface area contributed by atoms with Crippen molar-refractivity contribution in [1.82, 2.24) is 0 Å². The Morgan fingerprint density at radius 2 is 1.50 bits per heavy atom. The van der Waals surface area contributed by atoms with E-state index in [1.807, 2.05) is 24.3 Å². The number of esters is 1. The zero-order valence-corrected chi connectivity index (χ0v) is 12.7. The highest BCUT2D eigenvalue weighted by Gasteiger charge is 2.09. The molecule has 0 spiro atoms. The van der Waals surface area contributed by atoms with Crippen LogP contribution < -0.4 is 5.73 Å². The number of benzene rings is 2. The molecule has 4 nitrogen and oxygen atoms in total. The fourth-order valence-corrected chi connectivity index (χ4v) is 2.00. The minimum atomic E-state index is -0.523. The Bertz CT molecular complexity index is 658. The van der Waals surface area contributed by atoms with Gasteiger partial charge in [0.1, 0.15) is 6.61 Å². The number of hydrogen-bond acceptors (Lipinski definition) is 3. The molecule has 0 unspecified atom stereocenters. The Kier molecular flexibility index (Phi) is 4.94. The van der Waals surface area contributed by atoms with E-state index in [0.717, 1.165) is 5.56 Å². The van der Waals surface area contributed by atoms with Crippen molar-refractivity contribution in [2.45, 2.75) is 26.4 Å². The Morgan fingerprint density at radius 3 is 2.00 bits per heavy atom. The highest BCUT2D eigenvalue weighted by Crippen LogP contribution is 2.15.